The predicted octanol–water partition coefficient (Wildman–Crippen LogP) is 1.81. The molecule has 0 spiro atoms. The van der Waals surface area contributed by atoms with E-state index in [1.165, 1.54) is 6.33 Å². The van der Waals surface area contributed by atoms with Gasteiger partial charge in [0.1, 0.15) is 0 Å². The van der Waals surface area contributed by atoms with Gasteiger partial charge in [0, 0.05) is 6.04 Å². The molecule has 0 saturated carbocycles. The molecule has 0 radical (unpaired) electrons. The van der Waals surface area contributed by atoms with Gasteiger partial charge in [-0.1, -0.05) is 26.2 Å². The highest BCUT2D eigenvalue weighted by Gasteiger charge is 2.20. The maximum absolute atomic E-state index is 11.8. The van der Waals surface area contributed by atoms with Gasteiger partial charge < -0.3 is 15.4 Å². The summed E-state index contributed by atoms with van der Waals surface area (Å²) in [7, 11) is 0. The molecule has 0 fully saturated rings. The third-order valence-electron chi connectivity index (χ3n) is 2.69. The lowest BCUT2D eigenvalue weighted by Crippen LogP contribution is -2.33. The molecular weight excluding hydrogens is 234 g/mol. The molecule has 0 aliphatic rings. The second-order valence-corrected chi connectivity index (χ2v) is 4.30. The van der Waals surface area contributed by atoms with Crippen LogP contribution < -0.4 is 5.32 Å². The minimum atomic E-state index is -1.18. The number of carboxylic acids is 1. The Kier molecular flexibility index (Phi) is 5.35. The van der Waals surface area contributed by atoms with E-state index in [1.54, 1.807) is 0 Å². The van der Waals surface area contributed by atoms with Crippen molar-refractivity contribution in [3.05, 3.63) is 17.7 Å². The van der Waals surface area contributed by atoms with Gasteiger partial charge >= 0.3 is 5.97 Å². The standard InChI is InChI=1S/C12H19N3O3/c1-3-4-5-6-8(2)15-11(16)9-10(12(17)18)14-7-13-9/h7-8H,3-6H2,1-2H3,(H,13,14)(H,15,16)(H,17,18). The summed E-state index contributed by atoms with van der Waals surface area (Å²) in [5.74, 6) is -1.63. The SMILES string of the molecule is CCCCCC(C)NC(=O)c1nc[nH]c1C(=O)O. The summed E-state index contributed by atoms with van der Waals surface area (Å²) < 4.78 is 0. The van der Waals surface area contributed by atoms with Crippen LogP contribution in [0.15, 0.2) is 6.33 Å². The maximum atomic E-state index is 11.8. The van der Waals surface area contributed by atoms with Crippen LogP contribution in [0.2, 0.25) is 0 Å². The first kappa shape index (κ1) is 14.2. The summed E-state index contributed by atoms with van der Waals surface area (Å²) in [6.45, 7) is 4.02. The van der Waals surface area contributed by atoms with Crippen LogP contribution in [0, 0.1) is 0 Å². The van der Waals surface area contributed by atoms with E-state index in [2.05, 4.69) is 22.2 Å². The monoisotopic (exact) mass is 253 g/mol. The van der Waals surface area contributed by atoms with Crippen molar-refractivity contribution in [2.75, 3.05) is 0 Å². The van der Waals surface area contributed by atoms with E-state index in [0.717, 1.165) is 25.7 Å². The molecule has 3 N–H and O–H groups in total. The molecule has 1 amide bonds. The number of aromatic nitrogens is 2. The van der Waals surface area contributed by atoms with Crippen LogP contribution in [-0.4, -0.2) is 33.0 Å². The molecule has 0 aromatic carbocycles. The van der Waals surface area contributed by atoms with Crippen molar-refractivity contribution in [2.45, 2.75) is 45.6 Å². The molecule has 0 aliphatic heterocycles. The van der Waals surface area contributed by atoms with Crippen LogP contribution in [0.5, 0.6) is 0 Å². The van der Waals surface area contributed by atoms with E-state index in [1.807, 2.05) is 6.92 Å². The summed E-state index contributed by atoms with van der Waals surface area (Å²) in [5.41, 5.74) is -0.238. The summed E-state index contributed by atoms with van der Waals surface area (Å²) in [6.07, 6.45) is 5.39. The number of nitrogens with zero attached hydrogens (tertiary/aromatic N) is 1. The minimum Gasteiger partial charge on any atom is -0.477 e. The van der Waals surface area contributed by atoms with Crippen molar-refractivity contribution < 1.29 is 14.7 Å². The molecule has 1 aromatic rings. The Bertz CT molecular complexity index is 414. The number of amides is 1. The molecule has 1 atom stereocenters. The van der Waals surface area contributed by atoms with Crippen LogP contribution >= 0.6 is 0 Å². The van der Waals surface area contributed by atoms with Crippen LogP contribution in [-0.2, 0) is 0 Å². The topological polar surface area (TPSA) is 95.1 Å². The van der Waals surface area contributed by atoms with Crippen molar-refractivity contribution in [1.29, 1.82) is 0 Å². The first-order valence-electron chi connectivity index (χ1n) is 6.13. The lowest BCUT2D eigenvalue weighted by atomic mass is 10.1. The zero-order valence-electron chi connectivity index (χ0n) is 10.7. The molecule has 0 aliphatic carbocycles. The molecule has 0 saturated heterocycles. The molecule has 0 bridgehead atoms. The molecular formula is C12H19N3O3. The van der Waals surface area contributed by atoms with Crippen molar-refractivity contribution in [2.24, 2.45) is 0 Å². The van der Waals surface area contributed by atoms with Gasteiger partial charge in [0.05, 0.1) is 6.33 Å². The molecule has 100 valence electrons. The fourth-order valence-electron chi connectivity index (χ4n) is 1.69. The first-order chi connectivity index (χ1) is 8.56. The van der Waals surface area contributed by atoms with Gasteiger partial charge in [-0.25, -0.2) is 9.78 Å². The van der Waals surface area contributed by atoms with Gasteiger partial charge in [0.25, 0.3) is 5.91 Å². The van der Waals surface area contributed by atoms with Gasteiger partial charge in [0.15, 0.2) is 11.4 Å². The quantitative estimate of drug-likeness (QED) is 0.646. The number of imidazole rings is 1. The number of hydrogen-bond acceptors (Lipinski definition) is 3. The van der Waals surface area contributed by atoms with Crippen LogP contribution in [0.1, 0.15) is 60.5 Å². The fourth-order valence-corrected chi connectivity index (χ4v) is 1.69. The number of carboxylic acid groups (broad SMARTS) is 1. The average Bonchev–Trinajstić information content (AvgIpc) is 2.78. The van der Waals surface area contributed by atoms with E-state index < -0.39 is 11.9 Å². The van der Waals surface area contributed by atoms with Gasteiger partial charge in [-0.3, -0.25) is 4.79 Å². The molecule has 1 unspecified atom stereocenters. The number of rotatable bonds is 7. The smallest absolute Gasteiger partial charge is 0.354 e. The number of unbranched alkanes of at least 4 members (excludes halogenated alkanes) is 2. The number of aromatic amines is 1. The molecule has 1 heterocycles. The normalized spacial score (nSPS) is 12.1. The Morgan fingerprint density at radius 2 is 2.22 bits per heavy atom. The fraction of sp³-hybridized carbons (Fsp3) is 0.583. The van der Waals surface area contributed by atoms with Gasteiger partial charge in [0.2, 0.25) is 0 Å². The zero-order valence-corrected chi connectivity index (χ0v) is 10.7. The average molecular weight is 253 g/mol. The highest BCUT2D eigenvalue weighted by molar-refractivity contribution is 6.02. The highest BCUT2D eigenvalue weighted by Crippen LogP contribution is 2.06. The van der Waals surface area contributed by atoms with Crippen LogP contribution in [0.3, 0.4) is 0 Å². The number of aromatic carboxylic acids is 1. The van der Waals surface area contributed by atoms with E-state index >= 15 is 0 Å². The first-order valence-corrected chi connectivity index (χ1v) is 6.13. The number of nitrogens with one attached hydrogen (secondary N) is 2. The van der Waals surface area contributed by atoms with Gasteiger partial charge in [-0.05, 0) is 13.3 Å². The summed E-state index contributed by atoms with van der Waals surface area (Å²) >= 11 is 0. The third-order valence-corrected chi connectivity index (χ3v) is 2.69. The van der Waals surface area contributed by atoms with E-state index in [-0.39, 0.29) is 17.4 Å². The maximum Gasteiger partial charge on any atom is 0.354 e. The number of carbonyl (C=O) groups excluding carboxylic acids is 1. The third kappa shape index (κ3) is 3.87. The second-order valence-electron chi connectivity index (χ2n) is 4.30. The van der Waals surface area contributed by atoms with E-state index in [4.69, 9.17) is 5.11 Å². The van der Waals surface area contributed by atoms with E-state index in [9.17, 15) is 9.59 Å². The zero-order chi connectivity index (χ0) is 13.5. The Balaban J connectivity index is 2.54. The Labute approximate surface area is 106 Å². The molecule has 6 heteroatoms. The number of carbonyl (C=O) groups is 2. The molecule has 18 heavy (non-hydrogen) atoms. The predicted molar refractivity (Wildman–Crippen MR) is 66.6 cm³/mol. The Morgan fingerprint density at radius 3 is 2.83 bits per heavy atom. The lowest BCUT2D eigenvalue weighted by Gasteiger charge is -2.12. The van der Waals surface area contributed by atoms with Crippen molar-refractivity contribution in [3.8, 4) is 0 Å². The van der Waals surface area contributed by atoms with Gasteiger partial charge in [-0.15, -0.1) is 0 Å². The number of hydrogen-bond donors (Lipinski definition) is 3. The van der Waals surface area contributed by atoms with Crippen LogP contribution in [0.4, 0.5) is 0 Å². The highest BCUT2D eigenvalue weighted by atomic mass is 16.4. The molecule has 1 rings (SSSR count). The largest absolute Gasteiger partial charge is 0.477 e. The Morgan fingerprint density at radius 1 is 1.50 bits per heavy atom. The summed E-state index contributed by atoms with van der Waals surface area (Å²) in [4.78, 5) is 28.8. The Hall–Kier alpha value is -1.85. The second kappa shape index (κ2) is 6.78. The van der Waals surface area contributed by atoms with Crippen molar-refractivity contribution in [3.63, 3.8) is 0 Å². The van der Waals surface area contributed by atoms with Crippen molar-refractivity contribution in [1.82, 2.24) is 15.3 Å². The molecule has 6 nitrogen and oxygen atoms in total. The van der Waals surface area contributed by atoms with E-state index in [0.29, 0.717) is 0 Å². The van der Waals surface area contributed by atoms with Gasteiger partial charge in [-0.2, -0.15) is 0 Å². The number of H-pyrrole nitrogens is 1. The van der Waals surface area contributed by atoms with Crippen molar-refractivity contribution >= 4 is 11.9 Å². The molecule has 1 aromatic heterocycles. The summed E-state index contributed by atoms with van der Waals surface area (Å²) in [5, 5.41) is 11.6. The van der Waals surface area contributed by atoms with Crippen LogP contribution in [0.25, 0.3) is 0 Å². The minimum absolute atomic E-state index is 0.0161. The summed E-state index contributed by atoms with van der Waals surface area (Å²) in [6, 6.07) is 0.0161. The lowest BCUT2D eigenvalue weighted by molar-refractivity contribution is 0.0684.